The first-order valence-electron chi connectivity index (χ1n) is 8.46. The van der Waals surface area contributed by atoms with Gasteiger partial charge in [-0.2, -0.15) is 0 Å². The minimum atomic E-state index is -0.125. The Morgan fingerprint density at radius 3 is 2.48 bits per heavy atom. The van der Waals surface area contributed by atoms with Gasteiger partial charge in [0.25, 0.3) is 5.91 Å². The molecule has 0 atom stereocenters. The zero-order valence-corrected chi connectivity index (χ0v) is 13.7. The largest absolute Gasteiger partial charge is 0.339 e. The Kier molecular flexibility index (Phi) is 4.66. The number of hydrogen-bond donors (Lipinski definition) is 2. The molecule has 1 spiro atoms. The first-order chi connectivity index (χ1) is 11.1. The van der Waals surface area contributed by atoms with Crippen molar-refractivity contribution in [2.24, 2.45) is 5.41 Å². The molecule has 0 aromatic heterocycles. The van der Waals surface area contributed by atoms with Crippen molar-refractivity contribution in [3.63, 3.8) is 0 Å². The third-order valence-electron chi connectivity index (χ3n) is 5.21. The molecule has 5 heteroatoms. The zero-order chi connectivity index (χ0) is 16.3. The summed E-state index contributed by atoms with van der Waals surface area (Å²) in [5.74, 6) is -0.0543. The summed E-state index contributed by atoms with van der Waals surface area (Å²) in [5.41, 5.74) is 1.77. The molecule has 2 aliphatic heterocycles. The van der Waals surface area contributed by atoms with E-state index in [1.165, 1.54) is 19.8 Å². The van der Waals surface area contributed by atoms with Crippen LogP contribution in [0.3, 0.4) is 0 Å². The Morgan fingerprint density at radius 2 is 1.83 bits per heavy atom. The van der Waals surface area contributed by atoms with E-state index in [0.717, 1.165) is 39.0 Å². The summed E-state index contributed by atoms with van der Waals surface area (Å²) in [6.45, 7) is 5.35. The van der Waals surface area contributed by atoms with E-state index in [-0.39, 0.29) is 11.8 Å². The number of rotatable bonds is 2. The summed E-state index contributed by atoms with van der Waals surface area (Å²) >= 11 is 0. The number of carbonyl (C=O) groups excluding carboxylic acids is 2. The number of likely N-dealkylation sites (tertiary alicyclic amines) is 1. The van der Waals surface area contributed by atoms with E-state index in [9.17, 15) is 9.59 Å². The number of carbonyl (C=O) groups is 2. The highest BCUT2D eigenvalue weighted by Crippen LogP contribution is 2.39. The van der Waals surface area contributed by atoms with Gasteiger partial charge in [-0.15, -0.1) is 0 Å². The smallest absolute Gasteiger partial charge is 0.253 e. The minimum absolute atomic E-state index is 0.0704. The van der Waals surface area contributed by atoms with E-state index in [4.69, 9.17) is 0 Å². The molecule has 23 heavy (non-hydrogen) atoms. The lowest BCUT2D eigenvalue weighted by Gasteiger charge is -2.44. The predicted octanol–water partition coefficient (Wildman–Crippen LogP) is 2.25. The van der Waals surface area contributed by atoms with Crippen LogP contribution in [0.25, 0.3) is 0 Å². The van der Waals surface area contributed by atoms with E-state index in [0.29, 0.717) is 16.7 Å². The molecule has 0 unspecified atom stereocenters. The maximum Gasteiger partial charge on any atom is 0.253 e. The van der Waals surface area contributed by atoms with Gasteiger partial charge in [0.1, 0.15) is 0 Å². The molecule has 124 valence electrons. The molecular weight excluding hydrogens is 290 g/mol. The van der Waals surface area contributed by atoms with Gasteiger partial charge in [0.05, 0.1) is 0 Å². The van der Waals surface area contributed by atoms with Crippen LogP contribution in [0, 0.1) is 5.41 Å². The van der Waals surface area contributed by atoms with Crippen molar-refractivity contribution in [3.05, 3.63) is 29.8 Å². The van der Waals surface area contributed by atoms with Gasteiger partial charge in [-0.25, -0.2) is 0 Å². The highest BCUT2D eigenvalue weighted by atomic mass is 16.2. The monoisotopic (exact) mass is 315 g/mol. The van der Waals surface area contributed by atoms with E-state index >= 15 is 0 Å². The first-order valence-corrected chi connectivity index (χ1v) is 8.46. The van der Waals surface area contributed by atoms with Crippen LogP contribution >= 0.6 is 0 Å². The number of nitrogens with zero attached hydrogens (tertiary/aromatic N) is 1. The van der Waals surface area contributed by atoms with Crippen molar-refractivity contribution in [1.82, 2.24) is 10.2 Å². The number of anilines is 1. The molecule has 5 nitrogen and oxygen atoms in total. The van der Waals surface area contributed by atoms with Crippen molar-refractivity contribution in [2.45, 2.75) is 32.6 Å². The Balaban J connectivity index is 1.64. The molecule has 2 saturated heterocycles. The van der Waals surface area contributed by atoms with Crippen molar-refractivity contribution < 1.29 is 9.59 Å². The molecule has 2 amide bonds. The second-order valence-corrected chi connectivity index (χ2v) is 6.80. The lowest BCUT2D eigenvalue weighted by atomic mass is 9.71. The van der Waals surface area contributed by atoms with E-state index in [2.05, 4.69) is 10.6 Å². The van der Waals surface area contributed by atoms with Gasteiger partial charge in [-0.3, -0.25) is 9.59 Å². The van der Waals surface area contributed by atoms with Gasteiger partial charge < -0.3 is 15.5 Å². The fourth-order valence-electron chi connectivity index (χ4n) is 3.76. The fraction of sp³-hybridized carbons (Fsp3) is 0.556. The number of benzene rings is 1. The minimum Gasteiger partial charge on any atom is -0.339 e. The van der Waals surface area contributed by atoms with Crippen LogP contribution in [-0.4, -0.2) is 42.9 Å². The van der Waals surface area contributed by atoms with Crippen LogP contribution in [0.2, 0.25) is 0 Å². The first kappa shape index (κ1) is 16.0. The molecule has 0 aliphatic carbocycles. The number of piperidine rings is 2. The van der Waals surface area contributed by atoms with Crippen molar-refractivity contribution >= 4 is 17.5 Å². The summed E-state index contributed by atoms with van der Waals surface area (Å²) in [4.78, 5) is 25.8. The molecule has 2 heterocycles. The number of nitrogens with one attached hydrogen (secondary N) is 2. The SMILES string of the molecule is CC(=O)Nc1cccc(C(=O)N2CCC3(CCNCC3)CC2)c1. The second kappa shape index (κ2) is 6.71. The second-order valence-electron chi connectivity index (χ2n) is 6.80. The number of amides is 2. The maximum atomic E-state index is 12.7. The van der Waals surface area contributed by atoms with Crippen molar-refractivity contribution in [1.29, 1.82) is 0 Å². The lowest BCUT2D eigenvalue weighted by molar-refractivity contribution is -0.114. The normalized spacial score (nSPS) is 20.3. The third-order valence-corrected chi connectivity index (χ3v) is 5.21. The van der Waals surface area contributed by atoms with Gasteiger partial charge in [0.2, 0.25) is 5.91 Å². The highest BCUT2D eigenvalue weighted by molar-refractivity contribution is 5.96. The van der Waals surface area contributed by atoms with Crippen molar-refractivity contribution in [2.75, 3.05) is 31.5 Å². The summed E-state index contributed by atoms with van der Waals surface area (Å²) < 4.78 is 0. The summed E-state index contributed by atoms with van der Waals surface area (Å²) in [7, 11) is 0. The van der Waals surface area contributed by atoms with Crippen LogP contribution in [0.15, 0.2) is 24.3 Å². The molecule has 2 aliphatic rings. The average molecular weight is 315 g/mol. The highest BCUT2D eigenvalue weighted by Gasteiger charge is 2.36. The summed E-state index contributed by atoms with van der Waals surface area (Å²) in [6.07, 6.45) is 4.66. The number of hydrogen-bond acceptors (Lipinski definition) is 3. The summed E-state index contributed by atoms with van der Waals surface area (Å²) in [5, 5.41) is 6.16. The van der Waals surface area contributed by atoms with E-state index < -0.39 is 0 Å². The Hall–Kier alpha value is -1.88. The molecule has 0 bridgehead atoms. The predicted molar refractivity (Wildman–Crippen MR) is 90.4 cm³/mol. The third kappa shape index (κ3) is 3.72. The molecule has 0 saturated carbocycles. The zero-order valence-electron chi connectivity index (χ0n) is 13.7. The molecule has 1 aromatic carbocycles. The van der Waals surface area contributed by atoms with Crippen molar-refractivity contribution in [3.8, 4) is 0 Å². The standard InChI is InChI=1S/C18H25N3O2/c1-14(22)20-16-4-2-3-15(13-16)17(23)21-11-7-18(8-12-21)5-9-19-10-6-18/h2-4,13,19H,5-12H2,1H3,(H,20,22). The molecule has 1 aromatic rings. The van der Waals surface area contributed by atoms with E-state index in [1.807, 2.05) is 17.0 Å². The van der Waals surface area contributed by atoms with E-state index in [1.54, 1.807) is 12.1 Å². The van der Waals surface area contributed by atoms with Crippen LogP contribution in [-0.2, 0) is 4.79 Å². The lowest BCUT2D eigenvalue weighted by Crippen LogP contribution is -2.47. The van der Waals surface area contributed by atoms with Crippen LogP contribution in [0.5, 0.6) is 0 Å². The van der Waals surface area contributed by atoms with Gasteiger partial charge >= 0.3 is 0 Å². The molecule has 2 N–H and O–H groups in total. The van der Waals surface area contributed by atoms with Gasteiger partial charge in [0, 0.05) is 31.3 Å². The summed E-state index contributed by atoms with van der Waals surface area (Å²) in [6, 6.07) is 7.20. The van der Waals surface area contributed by atoms with Gasteiger partial charge in [-0.1, -0.05) is 6.07 Å². The Morgan fingerprint density at radius 1 is 1.13 bits per heavy atom. The van der Waals surface area contributed by atoms with Gasteiger partial charge in [0.15, 0.2) is 0 Å². The van der Waals surface area contributed by atoms with Crippen LogP contribution in [0.4, 0.5) is 5.69 Å². The Bertz CT molecular complexity index is 584. The molecule has 0 radical (unpaired) electrons. The quantitative estimate of drug-likeness (QED) is 0.880. The molecular formula is C18H25N3O2. The molecule has 3 rings (SSSR count). The van der Waals surface area contributed by atoms with Crippen LogP contribution < -0.4 is 10.6 Å². The molecule has 2 fully saturated rings. The van der Waals surface area contributed by atoms with Gasteiger partial charge in [-0.05, 0) is 62.4 Å². The Labute approximate surface area is 137 Å². The van der Waals surface area contributed by atoms with Crippen LogP contribution in [0.1, 0.15) is 43.0 Å². The average Bonchev–Trinajstić information content (AvgIpc) is 2.55. The topological polar surface area (TPSA) is 61.4 Å². The maximum absolute atomic E-state index is 12.7. The fourth-order valence-corrected chi connectivity index (χ4v) is 3.76.